The summed E-state index contributed by atoms with van der Waals surface area (Å²) in [5, 5.41) is 7.16. The Kier molecular flexibility index (Phi) is 6.93. The van der Waals surface area contributed by atoms with E-state index < -0.39 is 0 Å². The van der Waals surface area contributed by atoms with Crippen molar-refractivity contribution >= 4 is 65.6 Å². The van der Waals surface area contributed by atoms with E-state index in [0.29, 0.717) is 0 Å². The maximum Gasteiger partial charge on any atom is 0.138 e. The second-order valence-corrected chi connectivity index (χ2v) is 14.9. The van der Waals surface area contributed by atoms with Crippen LogP contribution in [0.1, 0.15) is 0 Å². The van der Waals surface area contributed by atoms with Crippen molar-refractivity contribution in [3.8, 4) is 44.8 Å². The molecule has 0 spiro atoms. The Morgan fingerprint density at radius 2 is 0.754 bits per heavy atom. The van der Waals surface area contributed by atoms with E-state index >= 15 is 0 Å². The van der Waals surface area contributed by atoms with Crippen LogP contribution in [-0.4, -0.2) is 9.13 Å². The van der Waals surface area contributed by atoms with Crippen LogP contribution in [0.15, 0.2) is 211 Å². The third-order valence-corrected chi connectivity index (χ3v) is 11.7. The Bertz CT molecular complexity index is 3490. The summed E-state index contributed by atoms with van der Waals surface area (Å²) >= 11 is 0. The minimum absolute atomic E-state index is 0.884. The van der Waals surface area contributed by atoms with Crippen LogP contribution in [-0.2, 0) is 0 Å². The van der Waals surface area contributed by atoms with Gasteiger partial charge in [-0.1, -0.05) is 140 Å². The minimum atomic E-state index is 0.884. The highest BCUT2D eigenvalue weighted by Gasteiger charge is 2.20. The van der Waals surface area contributed by atoms with E-state index in [1.807, 2.05) is 6.07 Å². The molecule has 3 heterocycles. The van der Waals surface area contributed by atoms with Crippen molar-refractivity contribution in [1.82, 2.24) is 9.13 Å². The zero-order chi connectivity index (χ0) is 37.5. The quantitative estimate of drug-likeness (QED) is 0.173. The molecular weight excluding hydrogens is 693 g/mol. The molecule has 0 saturated heterocycles. The zero-order valence-corrected chi connectivity index (χ0v) is 30.9. The Morgan fingerprint density at radius 1 is 0.281 bits per heavy atom. The molecule has 9 aromatic carbocycles. The van der Waals surface area contributed by atoms with Gasteiger partial charge >= 0.3 is 0 Å². The Hall–Kier alpha value is -7.62. The largest absolute Gasteiger partial charge is 0.456 e. The van der Waals surface area contributed by atoms with Crippen LogP contribution in [0, 0.1) is 0 Å². The standard InChI is InChI=1S/C54H34N2O/c1-3-13-35(14-4-1)37-23-27-41(28-24-37)55-47-20-10-7-17-42(47)45-31-38(25-29-49(45)55)39-26-30-50-46(32-39)43-18-8-11-21-48(43)56(50)51-33-40(36-15-5-2-6-16-36)34-53-54(51)44-19-9-12-22-52(44)57-53/h1-34H. The normalized spacial score (nSPS) is 11.9. The molecule has 0 bridgehead atoms. The van der Waals surface area contributed by atoms with Crippen LogP contribution in [0.5, 0.6) is 0 Å². The number of nitrogens with zero attached hydrogens (tertiary/aromatic N) is 2. The molecule has 0 saturated carbocycles. The van der Waals surface area contributed by atoms with Gasteiger partial charge in [-0.2, -0.15) is 0 Å². The average molecular weight is 727 g/mol. The van der Waals surface area contributed by atoms with E-state index in [-0.39, 0.29) is 0 Å². The van der Waals surface area contributed by atoms with Crippen molar-refractivity contribution in [2.45, 2.75) is 0 Å². The van der Waals surface area contributed by atoms with Gasteiger partial charge in [-0.15, -0.1) is 0 Å². The molecule has 57 heavy (non-hydrogen) atoms. The number of rotatable bonds is 5. The van der Waals surface area contributed by atoms with E-state index in [9.17, 15) is 0 Å². The van der Waals surface area contributed by atoms with Gasteiger partial charge in [-0.3, -0.25) is 0 Å². The van der Waals surface area contributed by atoms with E-state index in [1.54, 1.807) is 0 Å². The first-order chi connectivity index (χ1) is 28.3. The van der Waals surface area contributed by atoms with Gasteiger partial charge < -0.3 is 13.6 Å². The summed E-state index contributed by atoms with van der Waals surface area (Å²) in [7, 11) is 0. The van der Waals surface area contributed by atoms with Crippen LogP contribution in [0.3, 0.4) is 0 Å². The molecule has 12 aromatic rings. The van der Waals surface area contributed by atoms with Crippen molar-refractivity contribution in [2.24, 2.45) is 0 Å². The number of fused-ring (bicyclic) bond motifs is 9. The van der Waals surface area contributed by atoms with Gasteiger partial charge in [0.1, 0.15) is 11.2 Å². The van der Waals surface area contributed by atoms with Gasteiger partial charge in [-0.05, 0) is 100 Å². The molecule has 0 fully saturated rings. The third kappa shape index (κ3) is 4.92. The molecule has 0 amide bonds. The highest BCUT2D eigenvalue weighted by Crippen LogP contribution is 2.43. The van der Waals surface area contributed by atoms with Crippen molar-refractivity contribution in [2.75, 3.05) is 0 Å². The van der Waals surface area contributed by atoms with E-state index in [1.165, 1.54) is 60.3 Å². The predicted molar refractivity (Wildman–Crippen MR) is 239 cm³/mol. The maximum absolute atomic E-state index is 6.56. The second kappa shape index (κ2) is 12.5. The fourth-order valence-corrected chi connectivity index (χ4v) is 9.08. The summed E-state index contributed by atoms with van der Waals surface area (Å²) in [5.74, 6) is 0. The topological polar surface area (TPSA) is 23.0 Å². The number of hydrogen-bond acceptors (Lipinski definition) is 1. The summed E-state index contributed by atoms with van der Waals surface area (Å²) in [6.45, 7) is 0. The number of furan rings is 1. The van der Waals surface area contributed by atoms with Gasteiger partial charge in [-0.25, -0.2) is 0 Å². The summed E-state index contributed by atoms with van der Waals surface area (Å²) in [6.07, 6.45) is 0. The molecule has 12 rings (SSSR count). The average Bonchev–Trinajstić information content (AvgIpc) is 3.94. The first-order valence-electron chi connectivity index (χ1n) is 19.5. The summed E-state index contributed by atoms with van der Waals surface area (Å²) < 4.78 is 11.4. The molecule has 3 aromatic heterocycles. The van der Waals surface area contributed by atoms with Crippen molar-refractivity contribution in [1.29, 1.82) is 0 Å². The molecule has 3 heteroatoms. The van der Waals surface area contributed by atoms with Gasteiger partial charge in [0.05, 0.1) is 33.1 Å². The molecule has 0 radical (unpaired) electrons. The smallest absolute Gasteiger partial charge is 0.138 e. The molecular formula is C54H34N2O. The van der Waals surface area contributed by atoms with Crippen LogP contribution in [0.25, 0.3) is 110 Å². The second-order valence-electron chi connectivity index (χ2n) is 14.9. The molecule has 0 N–H and O–H groups in total. The monoisotopic (exact) mass is 726 g/mol. The maximum atomic E-state index is 6.56. The number of hydrogen-bond donors (Lipinski definition) is 0. The van der Waals surface area contributed by atoms with Crippen LogP contribution >= 0.6 is 0 Å². The Balaban J connectivity index is 1.04. The number of para-hydroxylation sites is 3. The summed E-state index contributed by atoms with van der Waals surface area (Å²) in [4.78, 5) is 0. The highest BCUT2D eigenvalue weighted by atomic mass is 16.3. The van der Waals surface area contributed by atoms with E-state index in [0.717, 1.165) is 50.0 Å². The lowest BCUT2D eigenvalue weighted by atomic mass is 10.0. The van der Waals surface area contributed by atoms with Crippen molar-refractivity contribution in [3.63, 3.8) is 0 Å². The summed E-state index contributed by atoms with van der Waals surface area (Å²) in [6, 6.07) is 74.4. The zero-order valence-electron chi connectivity index (χ0n) is 30.9. The third-order valence-electron chi connectivity index (χ3n) is 11.7. The predicted octanol–water partition coefficient (Wildman–Crippen LogP) is 14.8. The van der Waals surface area contributed by atoms with Gasteiger partial charge in [0.25, 0.3) is 0 Å². The lowest BCUT2D eigenvalue weighted by Crippen LogP contribution is -1.96. The number of benzene rings is 9. The minimum Gasteiger partial charge on any atom is -0.456 e. The summed E-state index contributed by atoms with van der Waals surface area (Å²) in [5.41, 5.74) is 15.9. The Labute approximate surface area is 328 Å². The molecule has 0 atom stereocenters. The van der Waals surface area contributed by atoms with Crippen molar-refractivity contribution in [3.05, 3.63) is 206 Å². The molecule has 266 valence electrons. The van der Waals surface area contributed by atoms with Gasteiger partial charge in [0.2, 0.25) is 0 Å². The molecule has 0 unspecified atom stereocenters. The fraction of sp³-hybridized carbons (Fsp3) is 0. The SMILES string of the molecule is c1ccc(-c2ccc(-n3c4ccccc4c4cc(-c5ccc6c(c5)c5ccccc5n6-c5cc(-c6ccccc6)cc6oc7ccccc7c56)ccc43)cc2)cc1. The highest BCUT2D eigenvalue weighted by molar-refractivity contribution is 6.16. The Morgan fingerprint density at radius 3 is 1.40 bits per heavy atom. The molecule has 0 aliphatic rings. The molecule has 0 aliphatic heterocycles. The lowest BCUT2D eigenvalue weighted by molar-refractivity contribution is 0.669. The molecule has 0 aliphatic carbocycles. The molecule has 3 nitrogen and oxygen atoms in total. The van der Waals surface area contributed by atoms with Crippen molar-refractivity contribution < 1.29 is 4.42 Å². The lowest BCUT2D eigenvalue weighted by Gasteiger charge is -2.13. The first kappa shape index (κ1) is 31.7. The fourth-order valence-electron chi connectivity index (χ4n) is 9.08. The first-order valence-corrected chi connectivity index (χ1v) is 19.5. The van der Waals surface area contributed by atoms with Gasteiger partial charge in [0, 0.05) is 32.6 Å². The number of aromatic nitrogens is 2. The van der Waals surface area contributed by atoms with Gasteiger partial charge in [0.15, 0.2) is 0 Å². The van der Waals surface area contributed by atoms with E-state index in [2.05, 4.69) is 209 Å². The van der Waals surface area contributed by atoms with Crippen LogP contribution in [0.2, 0.25) is 0 Å². The van der Waals surface area contributed by atoms with E-state index in [4.69, 9.17) is 4.42 Å². The van der Waals surface area contributed by atoms with Crippen LogP contribution < -0.4 is 0 Å². The van der Waals surface area contributed by atoms with Crippen LogP contribution in [0.4, 0.5) is 0 Å².